The summed E-state index contributed by atoms with van der Waals surface area (Å²) in [4.78, 5) is 25.3. The fraction of sp³-hybridized carbons (Fsp3) is 0.300. The van der Waals surface area contributed by atoms with Gasteiger partial charge in [-0.05, 0) is 50.8 Å². The van der Waals surface area contributed by atoms with Crippen LogP contribution >= 0.6 is 11.3 Å². The lowest BCUT2D eigenvalue weighted by Crippen LogP contribution is -2.27. The SMILES string of the molecule is Cc1cc(OCC(=O)OC(C)(C)C)cc2c1C(=O)/C(=C/c1cccs1)O2. The Morgan fingerprint density at radius 1 is 1.31 bits per heavy atom. The molecular formula is C20H20O5S. The van der Waals surface area contributed by atoms with Gasteiger partial charge in [0.15, 0.2) is 12.4 Å². The maximum absolute atomic E-state index is 12.6. The summed E-state index contributed by atoms with van der Waals surface area (Å²) in [5, 5.41) is 1.94. The van der Waals surface area contributed by atoms with Gasteiger partial charge < -0.3 is 14.2 Å². The number of carbonyl (C=O) groups is 2. The summed E-state index contributed by atoms with van der Waals surface area (Å²) in [5.41, 5.74) is 0.699. The van der Waals surface area contributed by atoms with Crippen molar-refractivity contribution in [2.24, 2.45) is 0 Å². The zero-order valence-corrected chi connectivity index (χ0v) is 15.9. The van der Waals surface area contributed by atoms with Gasteiger partial charge in [0.1, 0.15) is 17.1 Å². The molecule has 2 heterocycles. The minimum Gasteiger partial charge on any atom is -0.482 e. The van der Waals surface area contributed by atoms with Crippen LogP contribution in [0, 0.1) is 6.92 Å². The van der Waals surface area contributed by atoms with E-state index in [-0.39, 0.29) is 18.1 Å². The van der Waals surface area contributed by atoms with Crippen LogP contribution in [0.15, 0.2) is 35.4 Å². The van der Waals surface area contributed by atoms with Gasteiger partial charge in [-0.3, -0.25) is 4.79 Å². The van der Waals surface area contributed by atoms with Crippen molar-refractivity contribution in [2.75, 3.05) is 6.61 Å². The number of Topliss-reactive ketones (excluding diaryl/α,β-unsaturated/α-hetero) is 1. The fourth-order valence-corrected chi connectivity index (χ4v) is 3.22. The normalized spacial score (nSPS) is 14.9. The summed E-state index contributed by atoms with van der Waals surface area (Å²) in [7, 11) is 0. The van der Waals surface area contributed by atoms with Crippen LogP contribution in [0.3, 0.4) is 0 Å². The first-order valence-electron chi connectivity index (χ1n) is 8.20. The van der Waals surface area contributed by atoms with Gasteiger partial charge in [0.25, 0.3) is 0 Å². The highest BCUT2D eigenvalue weighted by Crippen LogP contribution is 2.37. The maximum atomic E-state index is 12.6. The molecule has 0 aliphatic carbocycles. The van der Waals surface area contributed by atoms with Crippen molar-refractivity contribution in [1.82, 2.24) is 0 Å². The third kappa shape index (κ3) is 4.14. The number of hydrogen-bond acceptors (Lipinski definition) is 6. The van der Waals surface area contributed by atoms with E-state index in [2.05, 4.69) is 0 Å². The number of ether oxygens (including phenoxy) is 3. The van der Waals surface area contributed by atoms with E-state index in [1.807, 2.05) is 24.4 Å². The van der Waals surface area contributed by atoms with Crippen LogP contribution in [0.5, 0.6) is 11.5 Å². The molecule has 0 N–H and O–H groups in total. The molecule has 136 valence electrons. The molecule has 0 spiro atoms. The smallest absolute Gasteiger partial charge is 0.344 e. The molecule has 0 amide bonds. The number of carbonyl (C=O) groups excluding carboxylic acids is 2. The Balaban J connectivity index is 1.76. The average Bonchev–Trinajstić information content (AvgIpc) is 3.13. The molecular weight excluding hydrogens is 352 g/mol. The van der Waals surface area contributed by atoms with E-state index in [1.54, 1.807) is 39.0 Å². The Bertz CT molecular complexity index is 872. The molecule has 2 aromatic rings. The standard InChI is InChI=1S/C20H20O5S/c1-12-8-13(23-11-17(21)25-20(2,3)4)9-15-18(12)19(22)16(24-15)10-14-6-5-7-26-14/h5-10H,11H2,1-4H3/b16-10-. The highest BCUT2D eigenvalue weighted by molar-refractivity contribution is 7.10. The minimum atomic E-state index is -0.564. The Morgan fingerprint density at radius 3 is 2.73 bits per heavy atom. The minimum absolute atomic E-state index is 0.149. The van der Waals surface area contributed by atoms with E-state index in [0.717, 1.165) is 10.4 Å². The van der Waals surface area contributed by atoms with Gasteiger partial charge in [-0.2, -0.15) is 0 Å². The zero-order chi connectivity index (χ0) is 18.9. The van der Waals surface area contributed by atoms with Gasteiger partial charge in [0, 0.05) is 17.0 Å². The molecule has 0 fully saturated rings. The number of ketones is 1. The first-order chi connectivity index (χ1) is 12.2. The Labute approximate surface area is 156 Å². The predicted octanol–water partition coefficient (Wildman–Crippen LogP) is 4.39. The Kier molecular flexibility index (Phi) is 4.87. The van der Waals surface area contributed by atoms with Crippen LogP contribution in [-0.2, 0) is 9.53 Å². The van der Waals surface area contributed by atoms with Gasteiger partial charge >= 0.3 is 5.97 Å². The predicted molar refractivity (Wildman–Crippen MR) is 99.8 cm³/mol. The number of benzene rings is 1. The van der Waals surface area contributed by atoms with E-state index in [1.165, 1.54) is 11.3 Å². The molecule has 6 heteroatoms. The molecule has 0 unspecified atom stereocenters. The highest BCUT2D eigenvalue weighted by atomic mass is 32.1. The Hall–Kier alpha value is -2.60. The second-order valence-electron chi connectivity index (χ2n) is 6.94. The van der Waals surface area contributed by atoms with Crippen molar-refractivity contribution in [1.29, 1.82) is 0 Å². The van der Waals surface area contributed by atoms with E-state index in [0.29, 0.717) is 17.1 Å². The molecule has 1 aliphatic rings. The van der Waals surface area contributed by atoms with E-state index in [9.17, 15) is 9.59 Å². The van der Waals surface area contributed by atoms with Crippen LogP contribution in [0.1, 0.15) is 41.6 Å². The van der Waals surface area contributed by atoms with Crippen molar-refractivity contribution in [3.63, 3.8) is 0 Å². The van der Waals surface area contributed by atoms with Gasteiger partial charge in [-0.15, -0.1) is 11.3 Å². The monoisotopic (exact) mass is 372 g/mol. The molecule has 26 heavy (non-hydrogen) atoms. The van der Waals surface area contributed by atoms with E-state index in [4.69, 9.17) is 14.2 Å². The summed E-state index contributed by atoms with van der Waals surface area (Å²) in [6, 6.07) is 7.18. The third-order valence-corrected chi connectivity index (χ3v) is 4.36. The van der Waals surface area contributed by atoms with Crippen LogP contribution in [0.25, 0.3) is 6.08 Å². The van der Waals surface area contributed by atoms with Crippen molar-refractivity contribution in [3.05, 3.63) is 51.4 Å². The van der Waals surface area contributed by atoms with E-state index < -0.39 is 11.6 Å². The van der Waals surface area contributed by atoms with Crippen LogP contribution in [0.4, 0.5) is 0 Å². The molecule has 0 bridgehead atoms. The number of aryl methyl sites for hydroxylation is 1. The largest absolute Gasteiger partial charge is 0.482 e. The van der Waals surface area contributed by atoms with Crippen molar-refractivity contribution in [2.45, 2.75) is 33.3 Å². The van der Waals surface area contributed by atoms with Gasteiger partial charge in [-0.1, -0.05) is 6.07 Å². The van der Waals surface area contributed by atoms with Crippen molar-refractivity contribution >= 4 is 29.2 Å². The topological polar surface area (TPSA) is 61.8 Å². The first kappa shape index (κ1) is 18.2. The number of thiophene rings is 1. The molecule has 3 rings (SSSR count). The highest BCUT2D eigenvalue weighted by Gasteiger charge is 2.30. The third-order valence-electron chi connectivity index (χ3n) is 3.54. The number of hydrogen-bond donors (Lipinski definition) is 0. The van der Waals surface area contributed by atoms with Crippen molar-refractivity contribution in [3.8, 4) is 11.5 Å². The number of esters is 1. The maximum Gasteiger partial charge on any atom is 0.344 e. The molecule has 1 aromatic carbocycles. The Morgan fingerprint density at radius 2 is 2.08 bits per heavy atom. The van der Waals surface area contributed by atoms with Crippen molar-refractivity contribution < 1.29 is 23.8 Å². The quantitative estimate of drug-likeness (QED) is 0.588. The summed E-state index contributed by atoms with van der Waals surface area (Å²) < 4.78 is 16.5. The van der Waals surface area contributed by atoms with Crippen LogP contribution < -0.4 is 9.47 Å². The molecule has 0 radical (unpaired) electrons. The van der Waals surface area contributed by atoms with Gasteiger partial charge in [-0.25, -0.2) is 4.79 Å². The molecule has 0 saturated heterocycles. The van der Waals surface area contributed by atoms with Gasteiger partial charge in [0.05, 0.1) is 5.56 Å². The second kappa shape index (κ2) is 6.96. The lowest BCUT2D eigenvalue weighted by atomic mass is 10.0. The van der Waals surface area contributed by atoms with Crippen LogP contribution in [0.2, 0.25) is 0 Å². The lowest BCUT2D eigenvalue weighted by Gasteiger charge is -2.19. The summed E-state index contributed by atoms with van der Waals surface area (Å²) in [6.07, 6.45) is 1.73. The fourth-order valence-electron chi connectivity index (χ4n) is 2.58. The summed E-state index contributed by atoms with van der Waals surface area (Å²) in [5.74, 6) is 0.583. The van der Waals surface area contributed by atoms with Crippen LogP contribution in [-0.4, -0.2) is 24.0 Å². The lowest BCUT2D eigenvalue weighted by molar-refractivity contribution is -0.157. The molecule has 1 aromatic heterocycles. The second-order valence-corrected chi connectivity index (χ2v) is 7.92. The molecule has 0 atom stereocenters. The zero-order valence-electron chi connectivity index (χ0n) is 15.1. The molecule has 1 aliphatic heterocycles. The summed E-state index contributed by atoms with van der Waals surface area (Å²) >= 11 is 1.53. The number of allylic oxidation sites excluding steroid dienone is 1. The number of rotatable bonds is 4. The molecule has 5 nitrogen and oxygen atoms in total. The average molecular weight is 372 g/mol. The number of fused-ring (bicyclic) bond motifs is 1. The van der Waals surface area contributed by atoms with E-state index >= 15 is 0 Å². The first-order valence-corrected chi connectivity index (χ1v) is 9.08. The molecule has 0 saturated carbocycles. The van der Waals surface area contributed by atoms with Gasteiger partial charge in [0.2, 0.25) is 5.78 Å². The summed E-state index contributed by atoms with van der Waals surface area (Å²) in [6.45, 7) is 7.00.